The molecule has 0 fully saturated rings. The fraction of sp³-hybridized carbons (Fsp3) is 0.211. The van der Waals surface area contributed by atoms with Gasteiger partial charge in [-0.2, -0.15) is 0 Å². The van der Waals surface area contributed by atoms with Crippen LogP contribution in [-0.2, 0) is 11.2 Å². The Morgan fingerprint density at radius 2 is 1.97 bits per heavy atom. The van der Waals surface area contributed by atoms with Gasteiger partial charge < -0.3 is 15.2 Å². The lowest BCUT2D eigenvalue weighted by Crippen LogP contribution is -2.33. The minimum Gasteiger partial charge on any atom is -0.493 e. The van der Waals surface area contributed by atoms with Crippen LogP contribution in [-0.4, -0.2) is 47.5 Å². The summed E-state index contributed by atoms with van der Waals surface area (Å²) in [6, 6.07) is 5.51. The Labute approximate surface area is 164 Å². The Morgan fingerprint density at radius 3 is 2.55 bits per heavy atom. The molecule has 0 unspecified atom stereocenters. The van der Waals surface area contributed by atoms with Gasteiger partial charge in [0.25, 0.3) is 5.56 Å². The number of nitrogens with zero attached hydrogens (tertiary/aromatic N) is 3. The molecule has 29 heavy (non-hydrogen) atoms. The van der Waals surface area contributed by atoms with E-state index in [1.54, 1.807) is 24.3 Å². The fourth-order valence-electron chi connectivity index (χ4n) is 2.88. The van der Waals surface area contributed by atoms with Crippen molar-refractivity contribution in [1.82, 2.24) is 19.5 Å². The van der Waals surface area contributed by atoms with E-state index in [0.29, 0.717) is 11.4 Å². The normalized spacial score (nSPS) is 12.7. The fourth-order valence-corrected chi connectivity index (χ4v) is 2.88. The third-order valence-electron chi connectivity index (χ3n) is 4.34. The molecule has 3 rings (SSSR count). The SMILES string of the molecule is CC(=N[C@H](Cc1cnc[nH]1)C(=O)O)c1c(O)n(-c2ccc(C)cc2)c(=O)[nH]c1=O. The van der Waals surface area contributed by atoms with Gasteiger partial charge in [0.1, 0.15) is 5.56 Å². The number of aromatic hydroxyl groups is 1. The molecule has 2 heterocycles. The number of hydrogen-bond acceptors (Lipinski definition) is 6. The average Bonchev–Trinajstić information content (AvgIpc) is 3.15. The molecule has 0 saturated carbocycles. The molecule has 10 nitrogen and oxygen atoms in total. The number of carbonyl (C=O) groups is 1. The summed E-state index contributed by atoms with van der Waals surface area (Å²) in [5, 5.41) is 20.1. The van der Waals surface area contributed by atoms with Crippen molar-refractivity contribution in [2.45, 2.75) is 26.3 Å². The van der Waals surface area contributed by atoms with E-state index in [1.807, 2.05) is 6.92 Å². The minimum absolute atomic E-state index is 0.0168. The van der Waals surface area contributed by atoms with Crippen LogP contribution in [0.3, 0.4) is 0 Å². The molecule has 0 aliphatic heterocycles. The highest BCUT2D eigenvalue weighted by atomic mass is 16.4. The van der Waals surface area contributed by atoms with Crippen LogP contribution < -0.4 is 11.2 Å². The van der Waals surface area contributed by atoms with Gasteiger partial charge in [0.05, 0.1) is 17.7 Å². The standard InChI is InChI=1S/C19H19N5O5/c1-10-3-5-13(6-4-10)24-17(26)15(16(25)23-19(24)29)11(2)22-14(18(27)28)7-12-8-20-9-21-12/h3-6,8-9,14,26H,7H2,1-2H3,(H,20,21)(H,27,28)(H,23,25,29)/t14-/m1/s1. The second-order valence-electron chi connectivity index (χ2n) is 6.48. The zero-order chi connectivity index (χ0) is 21.1. The highest BCUT2D eigenvalue weighted by Gasteiger charge is 2.22. The summed E-state index contributed by atoms with van der Waals surface area (Å²) in [5.74, 6) is -1.82. The number of benzene rings is 1. The second-order valence-corrected chi connectivity index (χ2v) is 6.48. The van der Waals surface area contributed by atoms with Crippen LogP contribution >= 0.6 is 0 Å². The van der Waals surface area contributed by atoms with Gasteiger partial charge in [0.15, 0.2) is 6.04 Å². The number of aliphatic imine (C=N–C) groups is 1. The number of hydrogen-bond donors (Lipinski definition) is 4. The Kier molecular flexibility index (Phi) is 5.44. The van der Waals surface area contributed by atoms with Gasteiger partial charge in [-0.1, -0.05) is 17.7 Å². The number of nitrogens with one attached hydrogen (secondary N) is 2. The molecule has 3 aromatic rings. The van der Waals surface area contributed by atoms with Gasteiger partial charge >= 0.3 is 11.7 Å². The predicted molar refractivity (Wildman–Crippen MR) is 105 cm³/mol. The third-order valence-corrected chi connectivity index (χ3v) is 4.34. The molecule has 0 saturated heterocycles. The van der Waals surface area contributed by atoms with E-state index in [0.717, 1.165) is 10.1 Å². The second kappa shape index (κ2) is 7.97. The molecule has 150 valence electrons. The molecule has 0 aliphatic carbocycles. The van der Waals surface area contributed by atoms with E-state index in [1.165, 1.54) is 19.4 Å². The van der Waals surface area contributed by atoms with Gasteiger partial charge in [0.2, 0.25) is 5.88 Å². The van der Waals surface area contributed by atoms with Gasteiger partial charge in [0, 0.05) is 18.3 Å². The van der Waals surface area contributed by atoms with Crippen molar-refractivity contribution in [1.29, 1.82) is 0 Å². The van der Waals surface area contributed by atoms with Crippen molar-refractivity contribution in [2.75, 3.05) is 0 Å². The lowest BCUT2D eigenvalue weighted by atomic mass is 10.1. The Morgan fingerprint density at radius 1 is 1.28 bits per heavy atom. The van der Waals surface area contributed by atoms with Gasteiger partial charge in [-0.25, -0.2) is 19.1 Å². The topological polar surface area (TPSA) is 153 Å². The molecule has 10 heteroatoms. The number of carboxylic acid groups (broad SMARTS) is 1. The van der Waals surface area contributed by atoms with Crippen LogP contribution in [0, 0.1) is 6.92 Å². The van der Waals surface area contributed by atoms with Crippen LogP contribution in [0.25, 0.3) is 5.69 Å². The van der Waals surface area contributed by atoms with Crippen LogP contribution in [0.5, 0.6) is 5.88 Å². The summed E-state index contributed by atoms with van der Waals surface area (Å²) in [7, 11) is 0. The molecule has 0 bridgehead atoms. The van der Waals surface area contributed by atoms with Crippen molar-refractivity contribution in [2.24, 2.45) is 4.99 Å². The number of imidazole rings is 1. The van der Waals surface area contributed by atoms with E-state index >= 15 is 0 Å². The van der Waals surface area contributed by atoms with Gasteiger partial charge in [-0.05, 0) is 26.0 Å². The first-order valence-corrected chi connectivity index (χ1v) is 8.68. The Balaban J connectivity index is 2.09. The average molecular weight is 397 g/mol. The van der Waals surface area contributed by atoms with Gasteiger partial charge in [-0.3, -0.25) is 14.8 Å². The van der Waals surface area contributed by atoms with Crippen LogP contribution in [0.1, 0.15) is 23.7 Å². The monoisotopic (exact) mass is 397 g/mol. The number of aliphatic carboxylic acids is 1. The zero-order valence-electron chi connectivity index (χ0n) is 15.7. The quantitative estimate of drug-likeness (QED) is 0.451. The zero-order valence-corrected chi connectivity index (χ0v) is 15.7. The highest BCUT2D eigenvalue weighted by molar-refractivity contribution is 6.01. The van der Waals surface area contributed by atoms with Crippen molar-refractivity contribution < 1.29 is 15.0 Å². The molecule has 0 radical (unpaired) electrons. The summed E-state index contributed by atoms with van der Waals surface area (Å²) in [6.45, 7) is 3.27. The molecule has 4 N–H and O–H groups in total. The maximum absolute atomic E-state index is 12.3. The minimum atomic E-state index is -1.21. The first-order valence-electron chi connectivity index (χ1n) is 8.68. The van der Waals surface area contributed by atoms with E-state index in [9.17, 15) is 24.6 Å². The molecular formula is C19H19N5O5. The lowest BCUT2D eigenvalue weighted by molar-refractivity contribution is -0.138. The summed E-state index contributed by atoms with van der Waals surface area (Å²) in [5.41, 5.74) is -0.125. The van der Waals surface area contributed by atoms with Crippen molar-refractivity contribution in [3.8, 4) is 11.6 Å². The molecule has 0 spiro atoms. The van der Waals surface area contributed by atoms with E-state index in [4.69, 9.17) is 0 Å². The van der Waals surface area contributed by atoms with E-state index in [2.05, 4.69) is 19.9 Å². The number of rotatable bonds is 6. The number of carboxylic acids is 1. The summed E-state index contributed by atoms with van der Waals surface area (Å²) < 4.78 is 0.930. The van der Waals surface area contributed by atoms with Crippen LogP contribution in [0.15, 0.2) is 51.4 Å². The van der Waals surface area contributed by atoms with Gasteiger partial charge in [-0.15, -0.1) is 0 Å². The lowest BCUT2D eigenvalue weighted by Gasteiger charge is -2.13. The van der Waals surface area contributed by atoms with Crippen molar-refractivity contribution >= 4 is 11.7 Å². The van der Waals surface area contributed by atoms with Crippen LogP contribution in [0.2, 0.25) is 0 Å². The summed E-state index contributed by atoms with van der Waals surface area (Å²) in [6.07, 6.45) is 2.91. The molecule has 0 amide bonds. The smallest absolute Gasteiger partial charge is 0.335 e. The number of H-pyrrole nitrogens is 2. The van der Waals surface area contributed by atoms with Crippen LogP contribution in [0.4, 0.5) is 0 Å². The first-order chi connectivity index (χ1) is 13.8. The number of aryl methyl sites for hydroxylation is 1. The summed E-state index contributed by atoms with van der Waals surface area (Å²) >= 11 is 0. The van der Waals surface area contributed by atoms with Crippen molar-refractivity contribution in [3.63, 3.8) is 0 Å². The molecule has 0 aliphatic rings. The van der Waals surface area contributed by atoms with E-state index in [-0.39, 0.29) is 17.7 Å². The maximum Gasteiger partial charge on any atom is 0.335 e. The number of aromatic amines is 2. The maximum atomic E-state index is 12.3. The third kappa shape index (κ3) is 4.15. The predicted octanol–water partition coefficient (Wildman–Crippen LogP) is 0.768. The van der Waals surface area contributed by atoms with E-state index < -0.39 is 29.1 Å². The molecule has 1 aromatic carbocycles. The Bertz CT molecular complexity index is 1170. The highest BCUT2D eigenvalue weighted by Crippen LogP contribution is 2.18. The number of aromatic nitrogens is 4. The molecular weight excluding hydrogens is 378 g/mol. The largest absolute Gasteiger partial charge is 0.493 e. The molecule has 1 atom stereocenters. The molecule has 2 aromatic heterocycles. The van der Waals surface area contributed by atoms with Crippen molar-refractivity contribution in [3.05, 3.63) is 74.4 Å². The Hall–Kier alpha value is -3.95. The summed E-state index contributed by atoms with van der Waals surface area (Å²) in [4.78, 5) is 49.1. The first kappa shape index (κ1) is 19.8.